The van der Waals surface area contributed by atoms with Crippen molar-refractivity contribution < 1.29 is 14.3 Å². The van der Waals surface area contributed by atoms with Crippen molar-refractivity contribution in [2.24, 2.45) is 0 Å². The van der Waals surface area contributed by atoms with E-state index < -0.39 is 5.97 Å². The highest BCUT2D eigenvalue weighted by atomic mass is 35.5. The topological polar surface area (TPSA) is 85.2 Å². The van der Waals surface area contributed by atoms with E-state index in [1.165, 1.54) is 19.2 Å². The van der Waals surface area contributed by atoms with Crippen LogP contribution in [0.5, 0.6) is 0 Å². The summed E-state index contributed by atoms with van der Waals surface area (Å²) in [4.78, 5) is 23.9. The van der Waals surface area contributed by atoms with Crippen LogP contribution in [0.15, 0.2) is 30.5 Å². The summed E-state index contributed by atoms with van der Waals surface area (Å²) >= 11 is 6.06. The van der Waals surface area contributed by atoms with Crippen molar-refractivity contribution in [1.82, 2.24) is 15.1 Å². The zero-order valence-corrected chi connectivity index (χ0v) is 14.5. The van der Waals surface area contributed by atoms with Gasteiger partial charge in [0, 0.05) is 18.4 Å². The number of ether oxygens (including phenoxy) is 1. The lowest BCUT2D eigenvalue weighted by Gasteiger charge is -2.22. The van der Waals surface area contributed by atoms with Crippen LogP contribution >= 0.6 is 11.6 Å². The van der Waals surface area contributed by atoms with Crippen LogP contribution in [0.25, 0.3) is 0 Å². The number of carbonyl (C=O) groups is 2. The third-order valence-electron chi connectivity index (χ3n) is 4.12. The Kier molecular flexibility index (Phi) is 5.35. The van der Waals surface area contributed by atoms with Crippen LogP contribution in [0, 0.1) is 0 Å². The van der Waals surface area contributed by atoms with Gasteiger partial charge in [0.15, 0.2) is 5.69 Å². The van der Waals surface area contributed by atoms with E-state index in [4.69, 9.17) is 11.6 Å². The molecule has 1 atom stereocenters. The van der Waals surface area contributed by atoms with Gasteiger partial charge in [0.25, 0.3) is 5.91 Å². The fourth-order valence-electron chi connectivity index (χ4n) is 2.79. The standard InChI is InChI=1S/C17H19ClN4O3/c1-25-17(24)13-5-4-11(9-14(13)18)20-16(23)15-6-8-22(21-15)12-3-2-7-19-10-12/h4-6,8-9,12,19H,2-3,7,10H2,1H3,(H,20,23). The number of amides is 1. The van der Waals surface area contributed by atoms with Gasteiger partial charge in [-0.15, -0.1) is 0 Å². The number of rotatable bonds is 4. The maximum atomic E-state index is 12.4. The highest BCUT2D eigenvalue weighted by Gasteiger charge is 2.18. The van der Waals surface area contributed by atoms with E-state index >= 15 is 0 Å². The Hall–Kier alpha value is -2.38. The van der Waals surface area contributed by atoms with Gasteiger partial charge < -0.3 is 15.4 Å². The summed E-state index contributed by atoms with van der Waals surface area (Å²) in [6.07, 6.45) is 3.96. The molecule has 1 saturated heterocycles. The Labute approximate surface area is 150 Å². The summed E-state index contributed by atoms with van der Waals surface area (Å²) in [7, 11) is 1.28. The van der Waals surface area contributed by atoms with E-state index in [1.807, 2.05) is 10.9 Å². The first kappa shape index (κ1) is 17.4. The summed E-state index contributed by atoms with van der Waals surface area (Å²) in [6.45, 7) is 1.88. The molecule has 3 rings (SSSR count). The number of halogens is 1. The van der Waals surface area contributed by atoms with Crippen LogP contribution in [-0.4, -0.2) is 41.9 Å². The summed E-state index contributed by atoms with van der Waals surface area (Å²) < 4.78 is 6.47. The maximum absolute atomic E-state index is 12.4. The number of nitrogens with zero attached hydrogens (tertiary/aromatic N) is 2. The lowest BCUT2D eigenvalue weighted by Crippen LogP contribution is -2.32. The van der Waals surface area contributed by atoms with Gasteiger partial charge in [-0.05, 0) is 43.7 Å². The Balaban J connectivity index is 1.69. The molecule has 1 aromatic carbocycles. The van der Waals surface area contributed by atoms with Crippen LogP contribution in [0.1, 0.15) is 39.7 Å². The molecule has 7 nitrogen and oxygen atoms in total. The Bertz CT molecular complexity index is 784. The number of carbonyl (C=O) groups excluding carboxylic acids is 2. The fourth-order valence-corrected chi connectivity index (χ4v) is 3.04. The van der Waals surface area contributed by atoms with Gasteiger partial charge in [0.1, 0.15) is 0 Å². The average Bonchev–Trinajstić information content (AvgIpc) is 3.12. The molecule has 1 aliphatic heterocycles. The van der Waals surface area contributed by atoms with Gasteiger partial charge in [-0.3, -0.25) is 9.48 Å². The van der Waals surface area contributed by atoms with E-state index in [-0.39, 0.29) is 22.5 Å². The molecule has 0 saturated carbocycles. The van der Waals surface area contributed by atoms with Crippen molar-refractivity contribution in [3.05, 3.63) is 46.7 Å². The quantitative estimate of drug-likeness (QED) is 0.816. The highest BCUT2D eigenvalue weighted by molar-refractivity contribution is 6.34. The summed E-state index contributed by atoms with van der Waals surface area (Å²) in [5, 5.41) is 10.6. The second kappa shape index (κ2) is 7.67. The Morgan fingerprint density at radius 1 is 1.40 bits per heavy atom. The molecule has 0 aliphatic carbocycles. The van der Waals surface area contributed by atoms with Crippen molar-refractivity contribution in [2.45, 2.75) is 18.9 Å². The molecule has 1 aliphatic rings. The molecule has 1 amide bonds. The van der Waals surface area contributed by atoms with E-state index in [0.717, 1.165) is 25.9 Å². The first-order valence-corrected chi connectivity index (χ1v) is 8.41. The SMILES string of the molecule is COC(=O)c1ccc(NC(=O)c2ccn(C3CCCNC3)n2)cc1Cl. The molecule has 2 heterocycles. The minimum absolute atomic E-state index is 0.212. The van der Waals surface area contributed by atoms with Crippen molar-refractivity contribution in [3.8, 4) is 0 Å². The third kappa shape index (κ3) is 4.00. The van der Waals surface area contributed by atoms with Crippen molar-refractivity contribution in [3.63, 3.8) is 0 Å². The second-order valence-corrected chi connectivity index (χ2v) is 6.23. The number of benzene rings is 1. The van der Waals surface area contributed by atoms with Gasteiger partial charge in [-0.25, -0.2) is 4.79 Å². The first-order chi connectivity index (χ1) is 12.1. The summed E-state index contributed by atoms with van der Waals surface area (Å²) in [6, 6.07) is 6.57. The lowest BCUT2D eigenvalue weighted by molar-refractivity contribution is 0.0601. The van der Waals surface area contributed by atoms with E-state index in [9.17, 15) is 9.59 Å². The zero-order valence-electron chi connectivity index (χ0n) is 13.8. The van der Waals surface area contributed by atoms with Gasteiger partial charge >= 0.3 is 5.97 Å². The molecule has 25 heavy (non-hydrogen) atoms. The minimum Gasteiger partial charge on any atom is -0.465 e. The predicted molar refractivity (Wildman–Crippen MR) is 94.1 cm³/mol. The number of hydrogen-bond acceptors (Lipinski definition) is 5. The van der Waals surface area contributed by atoms with Crippen LogP contribution in [-0.2, 0) is 4.74 Å². The maximum Gasteiger partial charge on any atom is 0.339 e. The molecule has 0 bridgehead atoms. The number of hydrogen-bond donors (Lipinski definition) is 2. The largest absolute Gasteiger partial charge is 0.465 e. The van der Waals surface area contributed by atoms with Crippen molar-refractivity contribution >= 4 is 29.2 Å². The van der Waals surface area contributed by atoms with E-state index in [1.54, 1.807) is 12.1 Å². The van der Waals surface area contributed by atoms with Gasteiger partial charge in [-0.1, -0.05) is 11.6 Å². The first-order valence-electron chi connectivity index (χ1n) is 8.03. The molecular formula is C17H19ClN4O3. The zero-order chi connectivity index (χ0) is 17.8. The molecule has 0 spiro atoms. The number of aromatic nitrogens is 2. The molecule has 1 fully saturated rings. The molecule has 0 radical (unpaired) electrons. The van der Waals surface area contributed by atoms with Crippen LogP contribution in [0.3, 0.4) is 0 Å². The highest BCUT2D eigenvalue weighted by Crippen LogP contribution is 2.22. The molecule has 1 unspecified atom stereocenters. The molecule has 1 aromatic heterocycles. The second-order valence-electron chi connectivity index (χ2n) is 5.82. The summed E-state index contributed by atoms with van der Waals surface area (Å²) in [5.41, 5.74) is 1.06. The monoisotopic (exact) mass is 362 g/mol. The molecule has 2 N–H and O–H groups in total. The predicted octanol–water partition coefficient (Wildman–Crippen LogP) is 2.50. The van der Waals surface area contributed by atoms with Crippen LogP contribution < -0.4 is 10.6 Å². The lowest BCUT2D eigenvalue weighted by atomic mass is 10.1. The number of esters is 1. The molecule has 8 heteroatoms. The number of piperidine rings is 1. The number of methoxy groups -OCH3 is 1. The minimum atomic E-state index is -0.525. The smallest absolute Gasteiger partial charge is 0.339 e. The molecule has 2 aromatic rings. The Morgan fingerprint density at radius 3 is 2.92 bits per heavy atom. The average molecular weight is 363 g/mol. The Morgan fingerprint density at radius 2 is 2.24 bits per heavy atom. The fraction of sp³-hybridized carbons (Fsp3) is 0.353. The normalized spacial score (nSPS) is 17.1. The van der Waals surface area contributed by atoms with E-state index in [0.29, 0.717) is 11.4 Å². The molecular weight excluding hydrogens is 344 g/mol. The van der Waals surface area contributed by atoms with Gasteiger partial charge in [0.05, 0.1) is 23.7 Å². The van der Waals surface area contributed by atoms with Crippen LogP contribution in [0.4, 0.5) is 5.69 Å². The van der Waals surface area contributed by atoms with Crippen LogP contribution in [0.2, 0.25) is 5.02 Å². The number of anilines is 1. The number of nitrogens with one attached hydrogen (secondary N) is 2. The van der Waals surface area contributed by atoms with Crippen molar-refractivity contribution in [2.75, 3.05) is 25.5 Å². The molecule has 132 valence electrons. The summed E-state index contributed by atoms with van der Waals surface area (Å²) in [5.74, 6) is -0.855. The van der Waals surface area contributed by atoms with E-state index in [2.05, 4.69) is 20.5 Å². The third-order valence-corrected chi connectivity index (χ3v) is 4.43. The van der Waals surface area contributed by atoms with Crippen molar-refractivity contribution in [1.29, 1.82) is 0 Å². The van der Waals surface area contributed by atoms with Gasteiger partial charge in [0.2, 0.25) is 0 Å². The van der Waals surface area contributed by atoms with Gasteiger partial charge in [-0.2, -0.15) is 5.10 Å².